The van der Waals surface area contributed by atoms with Gasteiger partial charge in [0.25, 0.3) is 0 Å². The molecule has 0 unspecified atom stereocenters. The molecule has 0 aliphatic rings. The fraction of sp³-hybridized carbons (Fsp3) is 0.211. The summed E-state index contributed by atoms with van der Waals surface area (Å²) in [6.07, 6.45) is 1.46. The van der Waals surface area contributed by atoms with Gasteiger partial charge >= 0.3 is 0 Å². The minimum absolute atomic E-state index is 0.0249. The number of phenolic OH excluding ortho intramolecular Hbond substituents is 1. The molecule has 0 aliphatic heterocycles. The van der Waals surface area contributed by atoms with E-state index in [1.165, 1.54) is 39.3 Å². The van der Waals surface area contributed by atoms with Crippen LogP contribution in [-0.2, 0) is 0 Å². The smallest absolute Gasteiger partial charge is 0.216 e. The average Bonchev–Trinajstić information content (AvgIpc) is 3.12. The molecule has 0 saturated carbocycles. The van der Waals surface area contributed by atoms with Crippen molar-refractivity contribution in [3.63, 3.8) is 0 Å². The van der Waals surface area contributed by atoms with Gasteiger partial charge in [-0.1, -0.05) is 6.07 Å². The van der Waals surface area contributed by atoms with Gasteiger partial charge in [0.2, 0.25) is 10.5 Å². The largest absolute Gasteiger partial charge is 0.504 e. The summed E-state index contributed by atoms with van der Waals surface area (Å²) >= 11 is 5.30. The minimum Gasteiger partial charge on any atom is -0.504 e. The molecule has 0 radical (unpaired) electrons. The molecular weight excluding hydrogens is 396 g/mol. The first-order valence-corrected chi connectivity index (χ1v) is 8.83. The number of hydrogen-bond acceptors (Lipinski definition) is 8. The van der Waals surface area contributed by atoms with Gasteiger partial charge in [0.1, 0.15) is 0 Å². The molecule has 0 amide bonds. The Morgan fingerprint density at radius 3 is 2.28 bits per heavy atom. The number of phenols is 1. The Bertz CT molecular complexity index is 1080. The summed E-state index contributed by atoms with van der Waals surface area (Å²) < 4.78 is 23.0. The van der Waals surface area contributed by atoms with E-state index >= 15 is 0 Å². The van der Waals surface area contributed by atoms with Crippen molar-refractivity contribution < 1.29 is 24.1 Å². The van der Waals surface area contributed by atoms with E-state index < -0.39 is 0 Å². The van der Waals surface area contributed by atoms with E-state index in [-0.39, 0.29) is 10.5 Å². The van der Waals surface area contributed by atoms with Crippen LogP contribution in [-0.4, -0.2) is 54.6 Å². The lowest BCUT2D eigenvalue weighted by Crippen LogP contribution is -1.99. The molecule has 1 aromatic heterocycles. The fourth-order valence-corrected chi connectivity index (χ4v) is 2.90. The first-order chi connectivity index (χ1) is 14.0. The lowest BCUT2D eigenvalue weighted by molar-refractivity contribution is 0.324. The third-order valence-corrected chi connectivity index (χ3v) is 4.40. The number of nitrogens with zero attached hydrogens (tertiary/aromatic N) is 3. The highest BCUT2D eigenvalue weighted by atomic mass is 32.1. The number of aromatic nitrogens is 3. The van der Waals surface area contributed by atoms with Crippen molar-refractivity contribution in [1.29, 1.82) is 0 Å². The normalized spacial score (nSPS) is 10.9. The van der Waals surface area contributed by atoms with Crippen LogP contribution in [0.25, 0.3) is 11.4 Å². The maximum absolute atomic E-state index is 10.2. The molecule has 0 fully saturated rings. The first kappa shape index (κ1) is 20.2. The predicted molar refractivity (Wildman–Crippen MR) is 110 cm³/mol. The zero-order chi connectivity index (χ0) is 21.0. The number of para-hydroxylation sites is 1. The van der Waals surface area contributed by atoms with Crippen LogP contribution in [0.5, 0.6) is 28.7 Å². The van der Waals surface area contributed by atoms with Crippen LogP contribution in [0.3, 0.4) is 0 Å². The average molecular weight is 416 g/mol. The minimum atomic E-state index is -0.0249. The van der Waals surface area contributed by atoms with Crippen molar-refractivity contribution in [2.45, 2.75) is 0 Å². The summed E-state index contributed by atoms with van der Waals surface area (Å²) in [5.41, 5.74) is 1.10. The number of rotatable bonds is 7. The quantitative estimate of drug-likeness (QED) is 0.450. The maximum Gasteiger partial charge on any atom is 0.216 e. The topological polar surface area (TPSA) is 103 Å². The van der Waals surface area contributed by atoms with Crippen molar-refractivity contribution in [2.75, 3.05) is 28.4 Å². The standard InChI is InChI=1S/C19H20N4O5S/c1-25-13-7-5-6-11(16(13)24)10-20-23-18(21-22-19(23)29)12-8-14(26-2)17(28-4)15(9-12)27-3/h5-10,24H,1-4H3,(H,22,29)/b20-10+. The molecule has 3 rings (SSSR count). The summed E-state index contributed by atoms with van der Waals surface area (Å²) in [6, 6.07) is 8.57. The molecule has 0 aliphatic carbocycles. The van der Waals surface area contributed by atoms with Crippen molar-refractivity contribution in [2.24, 2.45) is 5.10 Å². The second kappa shape index (κ2) is 8.65. The van der Waals surface area contributed by atoms with Crippen molar-refractivity contribution >= 4 is 18.4 Å². The molecule has 9 nitrogen and oxygen atoms in total. The number of nitrogens with one attached hydrogen (secondary N) is 1. The first-order valence-electron chi connectivity index (χ1n) is 8.42. The summed E-state index contributed by atoms with van der Waals surface area (Å²) in [5, 5.41) is 21.6. The molecule has 0 saturated heterocycles. The second-order valence-electron chi connectivity index (χ2n) is 5.72. The van der Waals surface area contributed by atoms with E-state index in [0.29, 0.717) is 39.9 Å². The van der Waals surface area contributed by atoms with Crippen LogP contribution in [0.1, 0.15) is 5.56 Å². The number of aromatic amines is 1. The van der Waals surface area contributed by atoms with Crippen LogP contribution in [0.2, 0.25) is 0 Å². The second-order valence-corrected chi connectivity index (χ2v) is 6.11. The Hall–Kier alpha value is -3.53. The Balaban J connectivity index is 2.09. The summed E-state index contributed by atoms with van der Waals surface area (Å²) in [5.74, 6) is 2.14. The highest BCUT2D eigenvalue weighted by Gasteiger charge is 2.17. The molecule has 2 N–H and O–H groups in total. The van der Waals surface area contributed by atoms with Gasteiger partial charge in [-0.3, -0.25) is 0 Å². The molecule has 29 heavy (non-hydrogen) atoms. The van der Waals surface area contributed by atoms with Crippen LogP contribution in [0, 0.1) is 4.77 Å². The van der Waals surface area contributed by atoms with E-state index in [1.54, 1.807) is 30.3 Å². The van der Waals surface area contributed by atoms with Gasteiger partial charge in [-0.15, -0.1) is 0 Å². The molecule has 0 spiro atoms. The lowest BCUT2D eigenvalue weighted by Gasteiger charge is -2.13. The van der Waals surface area contributed by atoms with E-state index in [1.807, 2.05) is 0 Å². The molecule has 2 aromatic carbocycles. The summed E-state index contributed by atoms with van der Waals surface area (Å²) in [6.45, 7) is 0. The van der Waals surface area contributed by atoms with Gasteiger partial charge in [0.15, 0.2) is 28.8 Å². The number of hydrogen-bond donors (Lipinski definition) is 2. The summed E-state index contributed by atoms with van der Waals surface area (Å²) in [4.78, 5) is 0. The highest BCUT2D eigenvalue weighted by molar-refractivity contribution is 7.71. The molecular formula is C19H20N4O5S. The molecule has 152 valence electrons. The highest BCUT2D eigenvalue weighted by Crippen LogP contribution is 2.40. The van der Waals surface area contributed by atoms with Gasteiger partial charge < -0.3 is 24.1 Å². The Kier molecular flexibility index (Phi) is 6.03. The van der Waals surface area contributed by atoms with Crippen molar-refractivity contribution in [3.8, 4) is 40.1 Å². The van der Waals surface area contributed by atoms with E-state index in [0.717, 1.165) is 0 Å². The predicted octanol–water partition coefficient (Wildman–Crippen LogP) is 3.23. The van der Waals surface area contributed by atoms with Crippen LogP contribution >= 0.6 is 12.2 Å². The molecule has 1 heterocycles. The van der Waals surface area contributed by atoms with Crippen LogP contribution in [0.15, 0.2) is 35.4 Å². The summed E-state index contributed by atoms with van der Waals surface area (Å²) in [7, 11) is 6.07. The van der Waals surface area contributed by atoms with E-state index in [4.69, 9.17) is 31.2 Å². The Morgan fingerprint density at radius 2 is 1.69 bits per heavy atom. The van der Waals surface area contributed by atoms with Gasteiger partial charge in [0, 0.05) is 11.1 Å². The van der Waals surface area contributed by atoms with Crippen LogP contribution < -0.4 is 18.9 Å². The lowest BCUT2D eigenvalue weighted by atomic mass is 10.1. The Morgan fingerprint density at radius 1 is 1.03 bits per heavy atom. The van der Waals surface area contributed by atoms with E-state index in [9.17, 15) is 5.11 Å². The molecule has 0 atom stereocenters. The molecule has 0 bridgehead atoms. The van der Waals surface area contributed by atoms with Gasteiger partial charge in [-0.25, -0.2) is 5.10 Å². The number of ether oxygens (including phenoxy) is 4. The number of benzene rings is 2. The van der Waals surface area contributed by atoms with Gasteiger partial charge in [0.05, 0.1) is 34.7 Å². The van der Waals surface area contributed by atoms with Crippen molar-refractivity contribution in [1.82, 2.24) is 14.9 Å². The van der Waals surface area contributed by atoms with Gasteiger partial charge in [-0.05, 0) is 36.5 Å². The molecule has 3 aromatic rings. The maximum atomic E-state index is 10.2. The third kappa shape index (κ3) is 3.87. The number of aromatic hydroxyl groups is 1. The number of methoxy groups -OCH3 is 4. The van der Waals surface area contributed by atoms with Crippen molar-refractivity contribution in [3.05, 3.63) is 40.7 Å². The number of H-pyrrole nitrogens is 1. The zero-order valence-corrected chi connectivity index (χ0v) is 17.1. The molecule has 10 heteroatoms. The SMILES string of the molecule is COc1cccc(/C=N/n2c(-c3cc(OC)c(OC)c(OC)c3)n[nH]c2=S)c1O. The Labute approximate surface area is 172 Å². The third-order valence-electron chi connectivity index (χ3n) is 4.14. The van der Waals surface area contributed by atoms with Crippen LogP contribution in [0.4, 0.5) is 0 Å². The zero-order valence-electron chi connectivity index (χ0n) is 16.3. The monoisotopic (exact) mass is 416 g/mol. The van der Waals surface area contributed by atoms with Gasteiger partial charge in [-0.2, -0.15) is 14.9 Å². The fourth-order valence-electron chi connectivity index (χ4n) is 2.72. The van der Waals surface area contributed by atoms with E-state index in [2.05, 4.69) is 15.3 Å².